The maximum Gasteiger partial charge on any atom is 0.328 e. The Morgan fingerprint density at radius 2 is 2.06 bits per heavy atom. The molecule has 4 heteroatoms. The van der Waals surface area contributed by atoms with Crippen molar-refractivity contribution in [1.82, 2.24) is 5.32 Å². The molecule has 0 spiro atoms. The molecule has 0 heterocycles. The fourth-order valence-electron chi connectivity index (χ4n) is 1.43. The van der Waals surface area contributed by atoms with Crippen molar-refractivity contribution < 1.29 is 14.3 Å². The van der Waals surface area contributed by atoms with E-state index in [1.165, 1.54) is 18.2 Å². The van der Waals surface area contributed by atoms with Gasteiger partial charge in [0, 0.05) is 12.6 Å². The van der Waals surface area contributed by atoms with Crippen LogP contribution in [0.3, 0.4) is 0 Å². The van der Waals surface area contributed by atoms with Crippen molar-refractivity contribution in [3.63, 3.8) is 0 Å². The molecule has 2 N–H and O–H groups in total. The van der Waals surface area contributed by atoms with Gasteiger partial charge in [0.15, 0.2) is 0 Å². The molecule has 0 fully saturated rings. The Morgan fingerprint density at radius 3 is 2.65 bits per heavy atom. The normalized spacial score (nSPS) is 11.5. The molecule has 0 unspecified atom stereocenters. The predicted molar refractivity (Wildman–Crippen MR) is 64.4 cm³/mol. The number of hydrogen-bond acceptors (Lipinski definition) is 2. The molecule has 17 heavy (non-hydrogen) atoms. The number of hydrogen-bond donors (Lipinski definition) is 2. The summed E-state index contributed by atoms with van der Waals surface area (Å²) in [6, 6.07) is 6.36. The third-order valence-electron chi connectivity index (χ3n) is 2.28. The zero-order valence-corrected chi connectivity index (χ0v) is 9.74. The number of nitrogens with one attached hydrogen (secondary N) is 1. The lowest BCUT2D eigenvalue weighted by Gasteiger charge is -2.04. The van der Waals surface area contributed by atoms with Gasteiger partial charge in [0.25, 0.3) is 0 Å². The summed E-state index contributed by atoms with van der Waals surface area (Å²) < 4.78 is 12.6. The highest BCUT2D eigenvalue weighted by atomic mass is 19.1. The number of carboxylic acids is 1. The van der Waals surface area contributed by atoms with Crippen LogP contribution in [0.1, 0.15) is 12.5 Å². The van der Waals surface area contributed by atoms with E-state index in [2.05, 4.69) is 5.32 Å². The number of carboxylic acid groups (broad SMARTS) is 1. The van der Waals surface area contributed by atoms with Crippen molar-refractivity contribution >= 4 is 5.97 Å². The lowest BCUT2D eigenvalue weighted by atomic mass is 10.1. The van der Waals surface area contributed by atoms with Crippen LogP contribution in [-0.2, 0) is 11.2 Å². The van der Waals surface area contributed by atoms with Crippen molar-refractivity contribution in [2.24, 2.45) is 0 Å². The summed E-state index contributed by atoms with van der Waals surface area (Å²) in [6.45, 7) is 3.04. The molecule has 92 valence electrons. The van der Waals surface area contributed by atoms with Crippen LogP contribution in [0.25, 0.3) is 0 Å². The van der Waals surface area contributed by atoms with Gasteiger partial charge >= 0.3 is 5.97 Å². The Balaban J connectivity index is 2.25. The van der Waals surface area contributed by atoms with Gasteiger partial charge in [0.2, 0.25) is 0 Å². The van der Waals surface area contributed by atoms with E-state index in [0.717, 1.165) is 24.1 Å². The Morgan fingerprint density at radius 1 is 1.41 bits per heavy atom. The summed E-state index contributed by atoms with van der Waals surface area (Å²) in [6.07, 6.45) is 1.98. The molecule has 3 nitrogen and oxygen atoms in total. The largest absolute Gasteiger partial charge is 0.478 e. The van der Waals surface area contributed by atoms with Crippen LogP contribution in [-0.4, -0.2) is 24.2 Å². The van der Waals surface area contributed by atoms with E-state index >= 15 is 0 Å². The van der Waals surface area contributed by atoms with Gasteiger partial charge in [-0.2, -0.15) is 0 Å². The summed E-state index contributed by atoms with van der Waals surface area (Å²) in [5, 5.41) is 11.6. The average Bonchev–Trinajstić information content (AvgIpc) is 2.26. The van der Waals surface area contributed by atoms with Gasteiger partial charge in [-0.1, -0.05) is 17.7 Å². The van der Waals surface area contributed by atoms with Crippen LogP contribution < -0.4 is 5.32 Å². The number of carbonyl (C=O) groups is 1. The number of benzene rings is 1. The highest BCUT2D eigenvalue weighted by Gasteiger charge is 1.96. The molecular weight excluding hydrogens is 221 g/mol. The van der Waals surface area contributed by atoms with Gasteiger partial charge in [-0.15, -0.1) is 0 Å². The fourth-order valence-corrected chi connectivity index (χ4v) is 1.43. The first-order valence-electron chi connectivity index (χ1n) is 5.43. The Labute approximate surface area is 100.0 Å². The van der Waals surface area contributed by atoms with Crippen molar-refractivity contribution in [3.8, 4) is 0 Å². The molecule has 0 aliphatic rings. The highest BCUT2D eigenvalue weighted by Crippen LogP contribution is 2.02. The second-order valence-corrected chi connectivity index (χ2v) is 3.88. The van der Waals surface area contributed by atoms with E-state index in [1.54, 1.807) is 19.1 Å². The molecule has 0 radical (unpaired) electrons. The van der Waals surface area contributed by atoms with E-state index < -0.39 is 5.97 Å². The van der Waals surface area contributed by atoms with E-state index in [4.69, 9.17) is 5.11 Å². The van der Waals surface area contributed by atoms with Gasteiger partial charge in [0.1, 0.15) is 5.82 Å². The first-order valence-corrected chi connectivity index (χ1v) is 5.43. The quantitative estimate of drug-likeness (QED) is 0.587. The first kappa shape index (κ1) is 13.4. The third kappa shape index (κ3) is 5.82. The maximum absolute atomic E-state index is 12.6. The van der Waals surface area contributed by atoms with Crippen LogP contribution in [0.2, 0.25) is 0 Å². The second kappa shape index (κ2) is 6.81. The van der Waals surface area contributed by atoms with Gasteiger partial charge in [-0.05, 0) is 37.6 Å². The van der Waals surface area contributed by atoms with E-state index in [-0.39, 0.29) is 5.82 Å². The summed E-state index contributed by atoms with van der Waals surface area (Å²) in [5.74, 6) is -1.16. The van der Waals surface area contributed by atoms with Gasteiger partial charge in [0.05, 0.1) is 0 Å². The molecule has 1 aromatic carbocycles. The Hall–Kier alpha value is -1.68. The minimum absolute atomic E-state index is 0.234. The van der Waals surface area contributed by atoms with Gasteiger partial charge in [-0.3, -0.25) is 0 Å². The Bertz CT molecular complexity index is 398. The summed E-state index contributed by atoms with van der Waals surface area (Å²) in [5.41, 5.74) is 1.83. The van der Waals surface area contributed by atoms with Crippen LogP contribution in [0.15, 0.2) is 35.9 Å². The maximum atomic E-state index is 12.6. The zero-order chi connectivity index (χ0) is 12.7. The predicted octanol–water partition coefficient (Wildman–Crippen LogP) is 1.99. The smallest absolute Gasteiger partial charge is 0.328 e. The molecule has 1 aromatic rings. The zero-order valence-electron chi connectivity index (χ0n) is 9.74. The van der Waals surface area contributed by atoms with Crippen molar-refractivity contribution in [1.29, 1.82) is 0 Å². The van der Waals surface area contributed by atoms with Crippen molar-refractivity contribution in [2.75, 3.05) is 13.1 Å². The van der Waals surface area contributed by atoms with Gasteiger partial charge in [-0.25, -0.2) is 9.18 Å². The summed E-state index contributed by atoms with van der Waals surface area (Å²) in [7, 11) is 0. The van der Waals surface area contributed by atoms with Crippen molar-refractivity contribution in [2.45, 2.75) is 13.3 Å². The number of rotatable bonds is 6. The van der Waals surface area contributed by atoms with E-state index in [9.17, 15) is 9.18 Å². The molecule has 0 saturated carbocycles. The molecule has 0 amide bonds. The minimum Gasteiger partial charge on any atom is -0.478 e. The molecular formula is C13H16FNO2. The molecule has 1 rings (SSSR count). The van der Waals surface area contributed by atoms with Crippen LogP contribution in [0, 0.1) is 5.82 Å². The van der Waals surface area contributed by atoms with E-state index in [1.807, 2.05) is 0 Å². The summed E-state index contributed by atoms with van der Waals surface area (Å²) >= 11 is 0. The molecule has 0 bridgehead atoms. The molecule has 0 saturated heterocycles. The molecule has 0 aliphatic carbocycles. The lowest BCUT2D eigenvalue weighted by Crippen LogP contribution is -2.19. The average molecular weight is 237 g/mol. The monoisotopic (exact) mass is 237 g/mol. The fraction of sp³-hybridized carbons (Fsp3) is 0.308. The lowest BCUT2D eigenvalue weighted by molar-refractivity contribution is -0.131. The Kier molecular flexibility index (Phi) is 5.36. The third-order valence-corrected chi connectivity index (χ3v) is 2.28. The second-order valence-electron chi connectivity index (χ2n) is 3.88. The van der Waals surface area contributed by atoms with Crippen LogP contribution in [0.5, 0.6) is 0 Å². The minimum atomic E-state index is -0.928. The SMILES string of the molecule is C/C(=C/C(=O)O)CNCCc1ccc(F)cc1. The summed E-state index contributed by atoms with van der Waals surface area (Å²) in [4.78, 5) is 10.4. The molecule has 0 aromatic heterocycles. The molecule has 0 atom stereocenters. The standard InChI is InChI=1S/C13H16FNO2/c1-10(8-13(16)17)9-15-7-6-11-2-4-12(14)5-3-11/h2-5,8,15H,6-7,9H2,1H3,(H,16,17)/b10-8-. The van der Waals surface area contributed by atoms with Crippen molar-refractivity contribution in [3.05, 3.63) is 47.3 Å². The first-order chi connectivity index (χ1) is 8.08. The van der Waals surface area contributed by atoms with Crippen LogP contribution >= 0.6 is 0 Å². The van der Waals surface area contributed by atoms with Crippen LogP contribution in [0.4, 0.5) is 4.39 Å². The number of halogens is 1. The molecule has 0 aliphatic heterocycles. The topological polar surface area (TPSA) is 49.3 Å². The van der Waals surface area contributed by atoms with Gasteiger partial charge < -0.3 is 10.4 Å². The number of aliphatic carboxylic acids is 1. The van der Waals surface area contributed by atoms with E-state index in [0.29, 0.717) is 6.54 Å². The highest BCUT2D eigenvalue weighted by molar-refractivity contribution is 5.80.